The monoisotopic (exact) mass is 353 g/mol. The number of sulfonamides is 1. The average molecular weight is 354 g/mol. The lowest BCUT2D eigenvalue weighted by molar-refractivity contribution is 0.411. The second-order valence-electron chi connectivity index (χ2n) is 5.19. The summed E-state index contributed by atoms with van der Waals surface area (Å²) >= 11 is 6.14. The third kappa shape index (κ3) is 3.31. The zero-order chi connectivity index (χ0) is 17.2. The number of nitrogens with zero attached hydrogens (tertiary/aromatic N) is 1. The smallest absolute Gasteiger partial charge is 0.264 e. The molecule has 0 saturated heterocycles. The van der Waals surface area contributed by atoms with Crippen molar-refractivity contribution in [3.05, 3.63) is 52.5 Å². The van der Waals surface area contributed by atoms with E-state index in [4.69, 9.17) is 16.3 Å². The fraction of sp³-hybridized carbons (Fsp3) is 0.294. The van der Waals surface area contributed by atoms with Crippen LogP contribution in [0.15, 0.2) is 41.3 Å². The Bertz CT molecular complexity index is 819. The summed E-state index contributed by atoms with van der Waals surface area (Å²) in [4.78, 5) is 0.233. The van der Waals surface area contributed by atoms with Crippen LogP contribution in [0.2, 0.25) is 5.02 Å². The van der Waals surface area contributed by atoms with Crippen molar-refractivity contribution < 1.29 is 13.2 Å². The SMILES string of the molecule is CCN(c1cccc(Cl)c1C)S(=O)(=O)c1ccc(OC)c(C)c1. The van der Waals surface area contributed by atoms with E-state index in [1.165, 1.54) is 4.31 Å². The van der Waals surface area contributed by atoms with E-state index in [9.17, 15) is 8.42 Å². The first-order valence-corrected chi connectivity index (χ1v) is 9.07. The highest BCUT2D eigenvalue weighted by atomic mass is 35.5. The zero-order valence-corrected chi connectivity index (χ0v) is 15.2. The largest absolute Gasteiger partial charge is 0.496 e. The molecule has 0 bridgehead atoms. The van der Waals surface area contributed by atoms with Crippen molar-refractivity contribution in [1.82, 2.24) is 0 Å². The van der Waals surface area contributed by atoms with Gasteiger partial charge in [0.15, 0.2) is 0 Å². The van der Waals surface area contributed by atoms with Crippen LogP contribution in [-0.2, 0) is 10.0 Å². The molecule has 0 unspecified atom stereocenters. The first kappa shape index (κ1) is 17.6. The Balaban J connectivity index is 2.56. The summed E-state index contributed by atoms with van der Waals surface area (Å²) in [6.45, 7) is 5.75. The van der Waals surface area contributed by atoms with Crippen molar-refractivity contribution in [3.63, 3.8) is 0 Å². The molecule has 0 aliphatic rings. The van der Waals surface area contributed by atoms with Crippen molar-refractivity contribution in [3.8, 4) is 5.75 Å². The molecule has 0 N–H and O–H groups in total. The average Bonchev–Trinajstić information content (AvgIpc) is 2.51. The predicted octanol–water partition coefficient (Wildman–Crippen LogP) is 4.18. The van der Waals surface area contributed by atoms with Gasteiger partial charge in [0.2, 0.25) is 0 Å². The molecule has 124 valence electrons. The van der Waals surface area contributed by atoms with Gasteiger partial charge in [-0.25, -0.2) is 8.42 Å². The van der Waals surface area contributed by atoms with Gasteiger partial charge in [-0.3, -0.25) is 4.31 Å². The molecule has 0 radical (unpaired) electrons. The molecule has 0 aliphatic heterocycles. The van der Waals surface area contributed by atoms with Gasteiger partial charge in [-0.15, -0.1) is 0 Å². The van der Waals surface area contributed by atoms with Crippen molar-refractivity contribution in [2.45, 2.75) is 25.7 Å². The molecule has 0 aliphatic carbocycles. The molecule has 0 aromatic heterocycles. The van der Waals surface area contributed by atoms with Crippen LogP contribution < -0.4 is 9.04 Å². The molecule has 0 fully saturated rings. The van der Waals surface area contributed by atoms with Crippen molar-refractivity contribution in [2.24, 2.45) is 0 Å². The van der Waals surface area contributed by atoms with E-state index in [-0.39, 0.29) is 4.90 Å². The van der Waals surface area contributed by atoms with Crippen LogP contribution in [0.4, 0.5) is 5.69 Å². The van der Waals surface area contributed by atoms with Gasteiger partial charge in [0.25, 0.3) is 10.0 Å². The minimum absolute atomic E-state index is 0.233. The summed E-state index contributed by atoms with van der Waals surface area (Å²) in [5.74, 6) is 0.658. The number of rotatable bonds is 5. The molecule has 0 spiro atoms. The predicted molar refractivity (Wildman–Crippen MR) is 94.1 cm³/mol. The lowest BCUT2D eigenvalue weighted by Crippen LogP contribution is -2.31. The molecule has 2 rings (SSSR count). The highest BCUT2D eigenvalue weighted by Crippen LogP contribution is 2.31. The Morgan fingerprint density at radius 1 is 1.17 bits per heavy atom. The third-order valence-corrected chi connectivity index (χ3v) is 6.04. The van der Waals surface area contributed by atoms with Crippen molar-refractivity contribution in [1.29, 1.82) is 0 Å². The Kier molecular flexibility index (Phi) is 5.22. The van der Waals surface area contributed by atoms with Crippen LogP contribution in [0.3, 0.4) is 0 Å². The van der Waals surface area contributed by atoms with Crippen LogP contribution in [0.1, 0.15) is 18.1 Å². The quantitative estimate of drug-likeness (QED) is 0.810. The first-order valence-electron chi connectivity index (χ1n) is 7.25. The lowest BCUT2D eigenvalue weighted by Gasteiger charge is -2.25. The molecule has 4 nitrogen and oxygen atoms in total. The second kappa shape index (κ2) is 6.81. The highest BCUT2D eigenvalue weighted by Gasteiger charge is 2.25. The molecule has 0 atom stereocenters. The summed E-state index contributed by atoms with van der Waals surface area (Å²) in [6, 6.07) is 10.1. The third-order valence-electron chi connectivity index (χ3n) is 3.75. The molecule has 0 saturated carbocycles. The number of aryl methyl sites for hydroxylation is 1. The fourth-order valence-electron chi connectivity index (χ4n) is 2.47. The highest BCUT2D eigenvalue weighted by molar-refractivity contribution is 7.92. The molecular formula is C17H20ClNO3S. The van der Waals surface area contributed by atoms with Crippen LogP contribution in [-0.4, -0.2) is 22.1 Å². The summed E-state index contributed by atoms with van der Waals surface area (Å²) in [6.07, 6.45) is 0. The van der Waals surface area contributed by atoms with Gasteiger partial charge in [0, 0.05) is 11.6 Å². The maximum absolute atomic E-state index is 13.0. The topological polar surface area (TPSA) is 46.6 Å². The molecule has 6 heteroatoms. The Morgan fingerprint density at radius 2 is 1.87 bits per heavy atom. The van der Waals surface area contributed by atoms with E-state index in [1.807, 2.05) is 13.8 Å². The van der Waals surface area contributed by atoms with Crippen LogP contribution in [0.5, 0.6) is 5.75 Å². The van der Waals surface area contributed by atoms with Crippen LogP contribution >= 0.6 is 11.6 Å². The minimum Gasteiger partial charge on any atom is -0.496 e. The van der Waals surface area contributed by atoms with Crippen molar-refractivity contribution >= 4 is 27.3 Å². The van der Waals surface area contributed by atoms with Gasteiger partial charge in [-0.2, -0.15) is 0 Å². The number of anilines is 1. The van der Waals surface area contributed by atoms with E-state index < -0.39 is 10.0 Å². The molecule has 0 heterocycles. The Labute approximate surface area is 142 Å². The van der Waals surface area contributed by atoms with Gasteiger partial charge in [0.1, 0.15) is 5.75 Å². The molecular weight excluding hydrogens is 334 g/mol. The van der Waals surface area contributed by atoms with Gasteiger partial charge in [-0.05, 0) is 62.2 Å². The number of halogens is 1. The lowest BCUT2D eigenvalue weighted by atomic mass is 10.2. The maximum atomic E-state index is 13.0. The van der Waals surface area contributed by atoms with Gasteiger partial charge in [-0.1, -0.05) is 17.7 Å². The maximum Gasteiger partial charge on any atom is 0.264 e. The Hall–Kier alpha value is -1.72. The van der Waals surface area contributed by atoms with E-state index in [0.29, 0.717) is 23.0 Å². The van der Waals surface area contributed by atoms with E-state index in [1.54, 1.807) is 50.4 Å². The normalized spacial score (nSPS) is 11.3. The van der Waals surface area contributed by atoms with E-state index in [2.05, 4.69) is 0 Å². The van der Waals surface area contributed by atoms with Gasteiger partial charge >= 0.3 is 0 Å². The van der Waals surface area contributed by atoms with E-state index >= 15 is 0 Å². The number of hydrogen-bond acceptors (Lipinski definition) is 3. The number of ether oxygens (including phenoxy) is 1. The van der Waals surface area contributed by atoms with Crippen molar-refractivity contribution in [2.75, 3.05) is 18.0 Å². The Morgan fingerprint density at radius 3 is 2.43 bits per heavy atom. The minimum atomic E-state index is -3.67. The number of hydrogen-bond donors (Lipinski definition) is 0. The van der Waals surface area contributed by atoms with Gasteiger partial charge in [0.05, 0.1) is 17.7 Å². The number of benzene rings is 2. The summed E-state index contributed by atoms with van der Waals surface area (Å²) < 4.78 is 32.6. The second-order valence-corrected chi connectivity index (χ2v) is 7.45. The molecule has 2 aromatic carbocycles. The summed E-state index contributed by atoms with van der Waals surface area (Å²) in [5, 5.41) is 0.544. The van der Waals surface area contributed by atoms with E-state index in [0.717, 1.165) is 11.1 Å². The standard InChI is InChI=1S/C17H20ClNO3S/c1-5-19(16-8-6-7-15(18)13(16)3)23(20,21)14-9-10-17(22-4)12(2)11-14/h6-11H,5H2,1-4H3. The molecule has 0 amide bonds. The fourth-order valence-corrected chi connectivity index (χ4v) is 4.26. The van der Waals surface area contributed by atoms with Crippen LogP contribution in [0.25, 0.3) is 0 Å². The zero-order valence-electron chi connectivity index (χ0n) is 13.6. The van der Waals surface area contributed by atoms with Crippen LogP contribution in [0, 0.1) is 13.8 Å². The molecule has 2 aromatic rings. The summed E-state index contributed by atoms with van der Waals surface area (Å²) in [7, 11) is -2.11. The summed E-state index contributed by atoms with van der Waals surface area (Å²) in [5.41, 5.74) is 2.10. The molecule has 23 heavy (non-hydrogen) atoms. The number of methoxy groups -OCH3 is 1. The first-order chi connectivity index (χ1) is 10.8. The van der Waals surface area contributed by atoms with Gasteiger partial charge < -0.3 is 4.74 Å².